The standard InChI is InChI=1S/C8H10Cl2O6/c9-7(10)8-14-4-3(2(12)1-11)13-6(16-8)5(4)15-8/h2-7,11-12H,1H2/t2-,3-,4+,5+,6+,8?/m1/s1. The summed E-state index contributed by atoms with van der Waals surface area (Å²) in [5.74, 6) is -1.51. The van der Waals surface area contributed by atoms with E-state index in [4.69, 9.17) is 47.3 Å². The van der Waals surface area contributed by atoms with E-state index in [1.807, 2.05) is 0 Å². The zero-order chi connectivity index (χ0) is 11.5. The normalized spacial score (nSPS) is 51.6. The summed E-state index contributed by atoms with van der Waals surface area (Å²) in [6, 6.07) is 0. The summed E-state index contributed by atoms with van der Waals surface area (Å²) in [5, 5.41) is 18.4. The number of aliphatic hydroxyl groups is 2. The molecule has 0 aromatic rings. The molecule has 0 radical (unpaired) electrons. The molecule has 2 N–H and O–H groups in total. The lowest BCUT2D eigenvalue weighted by Crippen LogP contribution is -2.45. The fourth-order valence-electron chi connectivity index (χ4n) is 2.20. The molecule has 3 heterocycles. The summed E-state index contributed by atoms with van der Waals surface area (Å²) < 4.78 is 21.5. The molecule has 3 aliphatic rings. The molecular formula is C8H10Cl2O6. The molecular weight excluding hydrogens is 263 g/mol. The van der Waals surface area contributed by atoms with E-state index in [1.54, 1.807) is 0 Å². The second kappa shape index (κ2) is 3.66. The second-order valence-corrected chi connectivity index (χ2v) is 5.00. The highest BCUT2D eigenvalue weighted by atomic mass is 35.5. The van der Waals surface area contributed by atoms with Gasteiger partial charge in [-0.25, -0.2) is 0 Å². The highest BCUT2D eigenvalue weighted by Crippen LogP contribution is 2.51. The van der Waals surface area contributed by atoms with Crippen molar-refractivity contribution in [3.8, 4) is 0 Å². The molecule has 6 nitrogen and oxygen atoms in total. The van der Waals surface area contributed by atoms with Crippen molar-refractivity contribution >= 4 is 23.2 Å². The molecule has 3 rings (SSSR count). The van der Waals surface area contributed by atoms with Crippen LogP contribution < -0.4 is 0 Å². The molecule has 0 aliphatic carbocycles. The molecule has 6 atom stereocenters. The number of hydrogen-bond donors (Lipinski definition) is 2. The molecule has 0 aromatic carbocycles. The Labute approximate surface area is 101 Å². The van der Waals surface area contributed by atoms with Crippen LogP contribution in [0.15, 0.2) is 0 Å². The number of rotatable bonds is 3. The first-order chi connectivity index (χ1) is 7.57. The molecule has 8 heteroatoms. The highest BCUT2D eigenvalue weighted by molar-refractivity contribution is 6.44. The third-order valence-corrected chi connectivity index (χ3v) is 3.46. The van der Waals surface area contributed by atoms with Crippen LogP contribution in [0.1, 0.15) is 0 Å². The molecule has 2 bridgehead atoms. The van der Waals surface area contributed by atoms with Crippen LogP contribution in [-0.2, 0) is 18.9 Å². The average Bonchev–Trinajstić information content (AvgIpc) is 2.83. The minimum absolute atomic E-state index is 0.428. The minimum atomic E-state index is -1.51. The number of alkyl halides is 2. The van der Waals surface area contributed by atoms with Gasteiger partial charge in [0.1, 0.15) is 24.4 Å². The number of halogens is 2. The maximum absolute atomic E-state index is 9.53. The van der Waals surface area contributed by atoms with Gasteiger partial charge < -0.3 is 24.4 Å². The van der Waals surface area contributed by atoms with Gasteiger partial charge in [0.25, 0.3) is 0 Å². The van der Waals surface area contributed by atoms with Crippen LogP contribution in [-0.4, -0.2) is 58.3 Å². The zero-order valence-corrected chi connectivity index (χ0v) is 9.47. The Hall–Kier alpha value is 0.340. The molecule has 92 valence electrons. The molecule has 3 fully saturated rings. The Kier molecular flexibility index (Phi) is 2.62. The second-order valence-electron chi connectivity index (χ2n) is 3.91. The van der Waals surface area contributed by atoms with Gasteiger partial charge in [-0.2, -0.15) is 0 Å². The lowest BCUT2D eigenvalue weighted by Gasteiger charge is -2.26. The van der Waals surface area contributed by atoms with E-state index in [-0.39, 0.29) is 0 Å². The molecule has 0 amide bonds. The van der Waals surface area contributed by atoms with Crippen molar-refractivity contribution in [2.75, 3.05) is 6.61 Å². The summed E-state index contributed by atoms with van der Waals surface area (Å²) >= 11 is 11.4. The van der Waals surface area contributed by atoms with Crippen LogP contribution in [0.3, 0.4) is 0 Å². The van der Waals surface area contributed by atoms with E-state index in [1.165, 1.54) is 0 Å². The molecule has 0 aromatic heterocycles. The van der Waals surface area contributed by atoms with E-state index >= 15 is 0 Å². The Bertz CT molecular complexity index is 298. The smallest absolute Gasteiger partial charge is 0.318 e. The molecule has 3 saturated heterocycles. The molecule has 1 unspecified atom stereocenters. The first-order valence-electron chi connectivity index (χ1n) is 4.83. The monoisotopic (exact) mass is 272 g/mol. The fraction of sp³-hybridized carbons (Fsp3) is 1.00. The van der Waals surface area contributed by atoms with Gasteiger partial charge in [-0.05, 0) is 0 Å². The van der Waals surface area contributed by atoms with E-state index in [0.29, 0.717) is 0 Å². The van der Waals surface area contributed by atoms with Crippen molar-refractivity contribution in [1.29, 1.82) is 0 Å². The first-order valence-corrected chi connectivity index (χ1v) is 5.70. The van der Waals surface area contributed by atoms with Crippen molar-refractivity contribution < 1.29 is 29.2 Å². The lowest BCUT2D eigenvalue weighted by molar-refractivity contribution is -0.313. The average molecular weight is 273 g/mol. The van der Waals surface area contributed by atoms with Crippen LogP contribution in [0.25, 0.3) is 0 Å². The largest absolute Gasteiger partial charge is 0.394 e. The van der Waals surface area contributed by atoms with E-state index in [0.717, 1.165) is 0 Å². The summed E-state index contributed by atoms with van der Waals surface area (Å²) in [5.41, 5.74) is 0. The van der Waals surface area contributed by atoms with E-state index in [2.05, 4.69) is 0 Å². The quantitative estimate of drug-likeness (QED) is 0.664. The van der Waals surface area contributed by atoms with Crippen LogP contribution in [0.5, 0.6) is 0 Å². The summed E-state index contributed by atoms with van der Waals surface area (Å²) in [6.45, 7) is -0.428. The summed E-state index contributed by atoms with van der Waals surface area (Å²) in [6.07, 6.45) is -3.41. The van der Waals surface area contributed by atoms with E-state index < -0.39 is 48.1 Å². The SMILES string of the molecule is OC[C@@H](O)[C@H]1O[C@H]2OC3(C(Cl)Cl)O[C@@H]1[C@@H]2O3. The topological polar surface area (TPSA) is 77.4 Å². The Balaban J connectivity index is 1.82. The summed E-state index contributed by atoms with van der Waals surface area (Å²) in [4.78, 5) is -1.02. The molecule has 3 aliphatic heterocycles. The number of fused-ring (bicyclic) bond motifs is 1. The van der Waals surface area contributed by atoms with Gasteiger partial charge in [0, 0.05) is 0 Å². The van der Waals surface area contributed by atoms with Crippen molar-refractivity contribution in [3.05, 3.63) is 0 Å². The van der Waals surface area contributed by atoms with Gasteiger partial charge in [-0.1, -0.05) is 23.2 Å². The predicted molar refractivity (Wildman–Crippen MR) is 50.8 cm³/mol. The third kappa shape index (κ3) is 1.36. The Morgan fingerprint density at radius 3 is 2.38 bits per heavy atom. The van der Waals surface area contributed by atoms with Crippen molar-refractivity contribution in [2.45, 2.75) is 41.5 Å². The molecule has 16 heavy (non-hydrogen) atoms. The van der Waals surface area contributed by atoms with Crippen LogP contribution >= 0.6 is 23.2 Å². The minimum Gasteiger partial charge on any atom is -0.394 e. The molecule has 0 saturated carbocycles. The van der Waals surface area contributed by atoms with Crippen LogP contribution in [0, 0.1) is 0 Å². The summed E-state index contributed by atoms with van der Waals surface area (Å²) in [7, 11) is 0. The first kappa shape index (κ1) is 11.4. The number of ether oxygens (including phenoxy) is 4. The van der Waals surface area contributed by atoms with Crippen molar-refractivity contribution in [3.63, 3.8) is 0 Å². The van der Waals surface area contributed by atoms with E-state index in [9.17, 15) is 5.11 Å². The van der Waals surface area contributed by atoms with Crippen LogP contribution in [0.2, 0.25) is 0 Å². The highest BCUT2D eigenvalue weighted by Gasteiger charge is 2.70. The van der Waals surface area contributed by atoms with Crippen LogP contribution in [0.4, 0.5) is 0 Å². The lowest BCUT2D eigenvalue weighted by atomic mass is 10.1. The zero-order valence-electron chi connectivity index (χ0n) is 7.95. The van der Waals surface area contributed by atoms with Gasteiger partial charge in [-0.3, -0.25) is 4.74 Å². The van der Waals surface area contributed by atoms with Crippen molar-refractivity contribution in [2.24, 2.45) is 0 Å². The van der Waals surface area contributed by atoms with Crippen molar-refractivity contribution in [1.82, 2.24) is 0 Å². The van der Waals surface area contributed by atoms with Gasteiger partial charge in [0.2, 0.25) is 0 Å². The number of aliphatic hydroxyl groups excluding tert-OH is 2. The Morgan fingerprint density at radius 1 is 1.19 bits per heavy atom. The molecule has 0 spiro atoms. The predicted octanol–water partition coefficient (Wildman–Crippen LogP) is -0.664. The van der Waals surface area contributed by atoms with Gasteiger partial charge >= 0.3 is 5.97 Å². The third-order valence-electron chi connectivity index (χ3n) is 2.92. The number of hydrogen-bond acceptors (Lipinski definition) is 6. The Morgan fingerprint density at radius 2 is 1.88 bits per heavy atom. The van der Waals surface area contributed by atoms with Gasteiger partial charge in [0.15, 0.2) is 11.1 Å². The van der Waals surface area contributed by atoms with Gasteiger partial charge in [0.05, 0.1) is 6.61 Å². The maximum Gasteiger partial charge on any atom is 0.318 e. The fourth-order valence-corrected chi connectivity index (χ4v) is 2.50. The maximum atomic E-state index is 9.53. The van der Waals surface area contributed by atoms with Gasteiger partial charge in [-0.15, -0.1) is 0 Å².